The first-order chi connectivity index (χ1) is 14.8. The second kappa shape index (κ2) is 10.3. The quantitative estimate of drug-likeness (QED) is 0.293. The normalized spacial score (nSPS) is 18.3. The Morgan fingerprint density at radius 3 is 2.06 bits per heavy atom. The van der Waals surface area contributed by atoms with Crippen LogP contribution in [0.3, 0.4) is 0 Å². The highest BCUT2D eigenvalue weighted by molar-refractivity contribution is 6.48. The van der Waals surface area contributed by atoms with Gasteiger partial charge in [0.05, 0.1) is 17.6 Å². The maximum absolute atomic E-state index is 12.2. The second-order valence-corrected chi connectivity index (χ2v) is 9.09. The van der Waals surface area contributed by atoms with Gasteiger partial charge in [0.1, 0.15) is 6.61 Å². The molecule has 0 radical (unpaired) electrons. The van der Waals surface area contributed by atoms with E-state index < -0.39 is 0 Å². The molecule has 1 aliphatic heterocycles. The lowest BCUT2D eigenvalue weighted by molar-refractivity contribution is -0.143. The summed E-state index contributed by atoms with van der Waals surface area (Å²) in [6.07, 6.45) is 5.95. The summed E-state index contributed by atoms with van der Waals surface area (Å²) in [5, 5.41) is 0. The number of hydrogen-bond acceptors (Lipinski definition) is 4. The highest BCUT2D eigenvalue weighted by atomic mass is 16.7. The third-order valence-electron chi connectivity index (χ3n) is 6.14. The Bertz CT molecular complexity index is 845. The molecule has 0 unspecified atom stereocenters. The minimum absolute atomic E-state index is 0.0446. The van der Waals surface area contributed by atoms with Crippen LogP contribution in [0.5, 0.6) is 0 Å². The minimum atomic E-state index is -0.384. The van der Waals surface area contributed by atoms with Gasteiger partial charge in [0.2, 0.25) is 0 Å². The van der Waals surface area contributed by atoms with Gasteiger partial charge >= 0.3 is 13.1 Å². The van der Waals surface area contributed by atoms with Crippen molar-refractivity contribution in [2.75, 3.05) is 0 Å². The van der Waals surface area contributed by atoms with E-state index in [1.54, 1.807) is 0 Å². The Labute approximate surface area is 186 Å². The van der Waals surface area contributed by atoms with Gasteiger partial charge in [-0.25, -0.2) is 0 Å². The van der Waals surface area contributed by atoms with E-state index >= 15 is 0 Å². The lowest BCUT2D eigenvalue weighted by Gasteiger charge is -2.32. The lowest BCUT2D eigenvalue weighted by atomic mass is 9.68. The van der Waals surface area contributed by atoms with E-state index in [0.717, 1.165) is 18.4 Å². The number of rotatable bonds is 9. The number of carbonyl (C=O) groups excluding carboxylic acids is 1. The summed E-state index contributed by atoms with van der Waals surface area (Å²) in [4.78, 5) is 12.2. The molecule has 31 heavy (non-hydrogen) atoms. The molecular weight excluding hydrogens is 387 g/mol. The molecule has 0 bridgehead atoms. The van der Waals surface area contributed by atoms with Crippen molar-refractivity contribution >= 4 is 13.1 Å². The van der Waals surface area contributed by atoms with Crippen molar-refractivity contribution in [3.63, 3.8) is 0 Å². The van der Waals surface area contributed by atoms with Gasteiger partial charge in [0, 0.05) is 5.82 Å². The molecule has 1 heterocycles. The Morgan fingerprint density at radius 2 is 1.48 bits per heavy atom. The van der Waals surface area contributed by atoms with Gasteiger partial charge < -0.3 is 14.0 Å². The molecule has 0 aromatic heterocycles. The molecule has 164 valence electrons. The zero-order valence-corrected chi connectivity index (χ0v) is 19.0. The smallest absolute Gasteiger partial charge is 0.461 e. The van der Waals surface area contributed by atoms with Crippen LogP contribution in [0.2, 0.25) is 5.82 Å². The summed E-state index contributed by atoms with van der Waals surface area (Å²) in [5.41, 5.74) is 1.49. The molecule has 4 nitrogen and oxygen atoms in total. The number of hydrogen-bond donors (Lipinski definition) is 0. The summed E-state index contributed by atoms with van der Waals surface area (Å²) in [6.45, 7) is 8.54. The van der Waals surface area contributed by atoms with Crippen LogP contribution in [0.1, 0.15) is 51.7 Å². The molecule has 0 aliphatic carbocycles. The van der Waals surface area contributed by atoms with Gasteiger partial charge in [-0.3, -0.25) is 4.79 Å². The predicted molar refractivity (Wildman–Crippen MR) is 125 cm³/mol. The molecular formula is C26H33BO4. The molecule has 0 spiro atoms. The third kappa shape index (κ3) is 6.56. The van der Waals surface area contributed by atoms with Crippen molar-refractivity contribution in [1.29, 1.82) is 0 Å². The summed E-state index contributed by atoms with van der Waals surface area (Å²) in [5.74, 6) is -0.195. The van der Waals surface area contributed by atoms with Gasteiger partial charge in [-0.1, -0.05) is 72.8 Å². The van der Waals surface area contributed by atoms with Crippen LogP contribution in [0.25, 0.3) is 0 Å². The van der Waals surface area contributed by atoms with Crippen LogP contribution in [0.4, 0.5) is 0 Å². The first kappa shape index (κ1) is 23.3. The minimum Gasteiger partial charge on any atom is -0.461 e. The third-order valence-corrected chi connectivity index (χ3v) is 6.14. The molecule has 1 aliphatic rings. The van der Waals surface area contributed by atoms with Crippen molar-refractivity contribution in [1.82, 2.24) is 0 Å². The van der Waals surface area contributed by atoms with Gasteiger partial charge in [0.15, 0.2) is 0 Å². The van der Waals surface area contributed by atoms with Crippen LogP contribution in [-0.2, 0) is 31.9 Å². The van der Waals surface area contributed by atoms with Crippen LogP contribution >= 0.6 is 0 Å². The van der Waals surface area contributed by atoms with Crippen LogP contribution in [0, 0.1) is 0 Å². The zero-order chi connectivity index (χ0) is 22.3. The summed E-state index contributed by atoms with van der Waals surface area (Å²) in [6, 6.07) is 20.1. The SMILES string of the molecule is CC1(C)OB([C@@H](/C=C/CC(=O)OCc2ccccc2)CCc2ccccc2)OC1(C)C. The maximum Gasteiger partial charge on any atom is 0.465 e. The number of carbonyl (C=O) groups is 1. The van der Waals surface area contributed by atoms with E-state index in [9.17, 15) is 4.79 Å². The lowest BCUT2D eigenvalue weighted by Crippen LogP contribution is -2.41. The average Bonchev–Trinajstić information content (AvgIpc) is 2.97. The standard InChI is InChI=1S/C26H33BO4/c1-25(2)26(3,4)31-27(30-25)23(19-18-21-12-7-5-8-13-21)16-11-17-24(28)29-20-22-14-9-6-10-15-22/h5-16,23H,17-20H2,1-4H3/b16-11+/t23-/m0/s1. The Morgan fingerprint density at radius 1 is 0.935 bits per heavy atom. The monoisotopic (exact) mass is 420 g/mol. The molecule has 5 heteroatoms. The highest BCUT2D eigenvalue weighted by Gasteiger charge is 2.53. The first-order valence-electron chi connectivity index (χ1n) is 11.0. The maximum atomic E-state index is 12.2. The molecule has 0 amide bonds. The second-order valence-electron chi connectivity index (χ2n) is 9.09. The number of benzene rings is 2. The van der Waals surface area contributed by atoms with Crippen LogP contribution < -0.4 is 0 Å². The van der Waals surface area contributed by atoms with Crippen molar-refractivity contribution in [3.05, 3.63) is 83.9 Å². The number of ether oxygens (including phenoxy) is 1. The Hall–Kier alpha value is -2.37. The topological polar surface area (TPSA) is 44.8 Å². The van der Waals surface area contributed by atoms with Gasteiger partial charge in [0.25, 0.3) is 0 Å². The molecule has 1 fully saturated rings. The van der Waals surface area contributed by atoms with E-state index in [1.165, 1.54) is 5.56 Å². The van der Waals surface area contributed by atoms with Crippen molar-refractivity contribution in [2.24, 2.45) is 0 Å². The fourth-order valence-electron chi connectivity index (χ4n) is 3.50. The fraction of sp³-hybridized carbons (Fsp3) is 0.423. The van der Waals surface area contributed by atoms with Gasteiger partial charge in [-0.15, -0.1) is 0 Å². The van der Waals surface area contributed by atoms with E-state index in [1.807, 2.05) is 42.5 Å². The van der Waals surface area contributed by atoms with Crippen molar-refractivity contribution < 1.29 is 18.8 Å². The van der Waals surface area contributed by atoms with Crippen molar-refractivity contribution in [3.8, 4) is 0 Å². The van der Waals surface area contributed by atoms with E-state index in [4.69, 9.17) is 14.0 Å². The summed E-state index contributed by atoms with van der Waals surface area (Å²) >= 11 is 0. The number of aryl methyl sites for hydroxylation is 1. The van der Waals surface area contributed by atoms with E-state index in [-0.39, 0.29) is 36.5 Å². The van der Waals surface area contributed by atoms with Crippen molar-refractivity contribution in [2.45, 2.75) is 70.6 Å². The Kier molecular flexibility index (Phi) is 7.74. The van der Waals surface area contributed by atoms with Crippen LogP contribution in [-0.4, -0.2) is 24.3 Å². The van der Waals surface area contributed by atoms with Gasteiger partial charge in [-0.05, 0) is 51.7 Å². The molecule has 1 atom stereocenters. The fourth-order valence-corrected chi connectivity index (χ4v) is 3.50. The number of allylic oxidation sites excluding steroid dienone is 1. The first-order valence-corrected chi connectivity index (χ1v) is 11.0. The Balaban J connectivity index is 1.59. The summed E-state index contributed by atoms with van der Waals surface area (Å²) in [7, 11) is -0.342. The predicted octanol–water partition coefficient (Wildman–Crippen LogP) is 5.77. The molecule has 0 saturated carbocycles. The molecule has 1 saturated heterocycles. The largest absolute Gasteiger partial charge is 0.465 e. The van der Waals surface area contributed by atoms with Crippen LogP contribution in [0.15, 0.2) is 72.8 Å². The molecule has 0 N–H and O–H groups in total. The summed E-state index contributed by atoms with van der Waals surface area (Å²) < 4.78 is 18.0. The molecule has 3 rings (SSSR count). The average molecular weight is 420 g/mol. The number of esters is 1. The van der Waals surface area contributed by atoms with E-state index in [0.29, 0.717) is 6.61 Å². The van der Waals surface area contributed by atoms with Gasteiger partial charge in [-0.2, -0.15) is 0 Å². The molecule has 2 aromatic carbocycles. The zero-order valence-electron chi connectivity index (χ0n) is 19.0. The molecule has 2 aromatic rings. The highest BCUT2D eigenvalue weighted by Crippen LogP contribution is 2.41. The van der Waals surface area contributed by atoms with E-state index in [2.05, 4.69) is 58.0 Å².